The lowest BCUT2D eigenvalue weighted by Crippen LogP contribution is -1.97. The molecule has 0 bridgehead atoms. The van der Waals surface area contributed by atoms with E-state index in [-0.39, 0.29) is 5.75 Å². The summed E-state index contributed by atoms with van der Waals surface area (Å²) in [6, 6.07) is 15.7. The molecule has 1 aromatic heterocycles. The van der Waals surface area contributed by atoms with E-state index >= 15 is 0 Å². The van der Waals surface area contributed by atoms with E-state index in [2.05, 4.69) is 36.2 Å². The van der Waals surface area contributed by atoms with Crippen LogP contribution in [0.4, 0.5) is 0 Å². The molecule has 0 spiro atoms. The van der Waals surface area contributed by atoms with Crippen molar-refractivity contribution in [3.63, 3.8) is 0 Å². The van der Waals surface area contributed by atoms with Gasteiger partial charge in [0.2, 0.25) is 0 Å². The molecule has 0 unspecified atom stereocenters. The SMILES string of the molecule is Cc1ccc2cc(OCc3ccc(O)cn3)ccc2c1. The number of fused-ring (bicyclic) bond motifs is 1. The van der Waals surface area contributed by atoms with Crippen molar-refractivity contribution in [2.45, 2.75) is 13.5 Å². The second-order valence-corrected chi connectivity index (χ2v) is 4.81. The summed E-state index contributed by atoms with van der Waals surface area (Å²) in [5.41, 5.74) is 2.03. The van der Waals surface area contributed by atoms with Crippen LogP contribution < -0.4 is 4.74 Å². The summed E-state index contributed by atoms with van der Waals surface area (Å²) in [4.78, 5) is 4.09. The van der Waals surface area contributed by atoms with Crippen LogP contribution in [-0.2, 0) is 6.61 Å². The molecule has 100 valence electrons. The van der Waals surface area contributed by atoms with Gasteiger partial charge < -0.3 is 9.84 Å². The van der Waals surface area contributed by atoms with Gasteiger partial charge in [0, 0.05) is 0 Å². The van der Waals surface area contributed by atoms with E-state index in [9.17, 15) is 5.11 Å². The molecule has 0 aliphatic heterocycles. The zero-order chi connectivity index (χ0) is 13.9. The third kappa shape index (κ3) is 2.72. The van der Waals surface area contributed by atoms with Crippen molar-refractivity contribution in [2.24, 2.45) is 0 Å². The van der Waals surface area contributed by atoms with Crippen LogP contribution in [0, 0.1) is 6.92 Å². The zero-order valence-electron chi connectivity index (χ0n) is 11.2. The first kappa shape index (κ1) is 12.5. The van der Waals surface area contributed by atoms with Gasteiger partial charge in [-0.3, -0.25) is 4.98 Å². The molecule has 0 atom stereocenters. The number of aromatic hydroxyl groups is 1. The quantitative estimate of drug-likeness (QED) is 0.782. The first-order valence-electron chi connectivity index (χ1n) is 6.48. The van der Waals surface area contributed by atoms with E-state index in [1.54, 1.807) is 12.1 Å². The third-order valence-corrected chi connectivity index (χ3v) is 3.16. The molecular formula is C17H15NO2. The fourth-order valence-corrected chi connectivity index (χ4v) is 2.09. The van der Waals surface area contributed by atoms with Crippen molar-refractivity contribution in [1.29, 1.82) is 0 Å². The van der Waals surface area contributed by atoms with E-state index in [0.29, 0.717) is 6.61 Å². The van der Waals surface area contributed by atoms with Gasteiger partial charge in [0.15, 0.2) is 0 Å². The van der Waals surface area contributed by atoms with Crippen LogP contribution in [0.15, 0.2) is 54.7 Å². The molecule has 0 fully saturated rings. The number of rotatable bonds is 3. The van der Waals surface area contributed by atoms with Crippen LogP contribution in [0.2, 0.25) is 0 Å². The zero-order valence-corrected chi connectivity index (χ0v) is 11.2. The molecule has 2 aromatic carbocycles. The first-order valence-corrected chi connectivity index (χ1v) is 6.48. The van der Waals surface area contributed by atoms with Crippen LogP contribution in [0.25, 0.3) is 10.8 Å². The Morgan fingerprint density at radius 2 is 1.80 bits per heavy atom. The monoisotopic (exact) mass is 265 g/mol. The smallest absolute Gasteiger partial charge is 0.133 e. The highest BCUT2D eigenvalue weighted by Crippen LogP contribution is 2.22. The molecular weight excluding hydrogens is 250 g/mol. The summed E-state index contributed by atoms with van der Waals surface area (Å²) in [5.74, 6) is 0.978. The van der Waals surface area contributed by atoms with Crippen LogP contribution in [-0.4, -0.2) is 10.1 Å². The van der Waals surface area contributed by atoms with Gasteiger partial charge in [-0.2, -0.15) is 0 Å². The molecule has 1 heterocycles. The molecule has 0 saturated heterocycles. The lowest BCUT2D eigenvalue weighted by atomic mass is 10.1. The Balaban J connectivity index is 1.77. The lowest BCUT2D eigenvalue weighted by Gasteiger charge is -2.07. The van der Waals surface area contributed by atoms with Crippen LogP contribution in [0.3, 0.4) is 0 Å². The summed E-state index contributed by atoms with van der Waals surface area (Å²) < 4.78 is 5.73. The number of benzene rings is 2. The van der Waals surface area contributed by atoms with Crippen LogP contribution >= 0.6 is 0 Å². The number of aromatic nitrogens is 1. The molecule has 3 aromatic rings. The van der Waals surface area contributed by atoms with E-state index < -0.39 is 0 Å². The van der Waals surface area contributed by atoms with Crippen molar-refractivity contribution in [3.8, 4) is 11.5 Å². The minimum absolute atomic E-state index is 0.162. The molecule has 0 saturated carbocycles. The van der Waals surface area contributed by atoms with Crippen molar-refractivity contribution in [3.05, 3.63) is 66.0 Å². The second kappa shape index (κ2) is 5.21. The highest BCUT2D eigenvalue weighted by Gasteiger charge is 2.00. The maximum atomic E-state index is 9.18. The van der Waals surface area contributed by atoms with Gasteiger partial charge in [-0.1, -0.05) is 29.8 Å². The minimum atomic E-state index is 0.162. The fourth-order valence-electron chi connectivity index (χ4n) is 2.09. The predicted octanol–water partition coefficient (Wildman–Crippen LogP) is 3.83. The summed E-state index contributed by atoms with van der Waals surface area (Å²) in [5, 5.41) is 11.5. The van der Waals surface area contributed by atoms with E-state index in [1.165, 1.54) is 17.1 Å². The van der Waals surface area contributed by atoms with Crippen molar-refractivity contribution in [1.82, 2.24) is 4.98 Å². The largest absolute Gasteiger partial charge is 0.506 e. The Bertz CT molecular complexity index is 736. The van der Waals surface area contributed by atoms with Gasteiger partial charge in [-0.15, -0.1) is 0 Å². The molecule has 3 heteroatoms. The van der Waals surface area contributed by atoms with Crippen molar-refractivity contribution < 1.29 is 9.84 Å². The highest BCUT2D eigenvalue weighted by molar-refractivity contribution is 5.84. The second-order valence-electron chi connectivity index (χ2n) is 4.81. The Labute approximate surface area is 117 Å². The average Bonchev–Trinajstić information content (AvgIpc) is 2.46. The van der Waals surface area contributed by atoms with Crippen LogP contribution in [0.5, 0.6) is 11.5 Å². The topological polar surface area (TPSA) is 42.4 Å². The van der Waals surface area contributed by atoms with Crippen molar-refractivity contribution >= 4 is 10.8 Å². The standard InChI is InChI=1S/C17H15NO2/c1-12-2-3-14-9-17(7-4-13(14)8-12)20-11-15-5-6-16(19)10-18-15/h2-10,19H,11H2,1H3. The Hall–Kier alpha value is -2.55. The maximum Gasteiger partial charge on any atom is 0.133 e. The van der Waals surface area contributed by atoms with Crippen molar-refractivity contribution in [2.75, 3.05) is 0 Å². The molecule has 0 radical (unpaired) electrons. The highest BCUT2D eigenvalue weighted by atomic mass is 16.5. The number of aryl methyl sites for hydroxylation is 1. The molecule has 0 amide bonds. The van der Waals surface area contributed by atoms with Gasteiger partial charge in [-0.05, 0) is 42.0 Å². The van der Waals surface area contributed by atoms with E-state index in [4.69, 9.17) is 4.74 Å². The number of nitrogens with zero attached hydrogens (tertiary/aromatic N) is 1. The average molecular weight is 265 g/mol. The van der Waals surface area contributed by atoms with E-state index in [1.807, 2.05) is 12.1 Å². The molecule has 0 aliphatic carbocycles. The Morgan fingerprint density at radius 3 is 2.60 bits per heavy atom. The normalized spacial score (nSPS) is 10.7. The molecule has 20 heavy (non-hydrogen) atoms. The van der Waals surface area contributed by atoms with Gasteiger partial charge in [-0.25, -0.2) is 0 Å². The summed E-state index contributed by atoms with van der Waals surface area (Å²) in [6.07, 6.45) is 1.42. The number of hydrogen-bond acceptors (Lipinski definition) is 3. The van der Waals surface area contributed by atoms with E-state index in [0.717, 1.165) is 16.8 Å². The molecule has 1 N–H and O–H groups in total. The third-order valence-electron chi connectivity index (χ3n) is 3.16. The van der Waals surface area contributed by atoms with Gasteiger partial charge in [0.05, 0.1) is 11.9 Å². The summed E-state index contributed by atoms with van der Waals surface area (Å²) in [6.45, 7) is 2.47. The molecule has 0 aliphatic rings. The number of pyridine rings is 1. The number of ether oxygens (including phenoxy) is 1. The van der Waals surface area contributed by atoms with Crippen LogP contribution in [0.1, 0.15) is 11.3 Å². The molecule has 3 nitrogen and oxygen atoms in total. The van der Waals surface area contributed by atoms with Gasteiger partial charge in [0.1, 0.15) is 18.1 Å². The van der Waals surface area contributed by atoms with Gasteiger partial charge in [0.25, 0.3) is 0 Å². The predicted molar refractivity (Wildman–Crippen MR) is 78.9 cm³/mol. The molecule has 3 rings (SSSR count). The summed E-state index contributed by atoms with van der Waals surface area (Å²) >= 11 is 0. The lowest BCUT2D eigenvalue weighted by molar-refractivity contribution is 0.301. The maximum absolute atomic E-state index is 9.18. The summed E-state index contributed by atoms with van der Waals surface area (Å²) in [7, 11) is 0. The van der Waals surface area contributed by atoms with Gasteiger partial charge >= 0.3 is 0 Å². The Kier molecular flexibility index (Phi) is 3.25. The first-order chi connectivity index (χ1) is 9.70. The Morgan fingerprint density at radius 1 is 1.00 bits per heavy atom. The minimum Gasteiger partial charge on any atom is -0.506 e. The fraction of sp³-hybridized carbons (Fsp3) is 0.118. The number of hydrogen-bond donors (Lipinski definition) is 1.